The minimum absolute atomic E-state index is 0.00859. The molecule has 0 saturated heterocycles. The predicted molar refractivity (Wildman–Crippen MR) is 124 cm³/mol. The molecule has 0 aliphatic rings. The molecule has 176 valence electrons. The molecule has 0 spiro atoms. The van der Waals surface area contributed by atoms with Gasteiger partial charge in [-0.1, -0.05) is 48.9 Å². The van der Waals surface area contributed by atoms with Gasteiger partial charge in [0.25, 0.3) is 5.91 Å². The molecular weight excluding hydrogens is 491 g/mol. The summed E-state index contributed by atoms with van der Waals surface area (Å²) in [7, 11) is 0. The first-order chi connectivity index (χ1) is 16.1. The number of halogens is 4. The van der Waals surface area contributed by atoms with Crippen molar-refractivity contribution in [1.82, 2.24) is 14.8 Å². The van der Waals surface area contributed by atoms with Crippen molar-refractivity contribution in [2.75, 3.05) is 5.32 Å². The summed E-state index contributed by atoms with van der Waals surface area (Å²) in [6.07, 6.45) is -1.53. The Balaban J connectivity index is 1.92. The summed E-state index contributed by atoms with van der Waals surface area (Å²) >= 11 is 6.61. The Bertz CT molecular complexity index is 1380. The van der Waals surface area contributed by atoms with Crippen LogP contribution in [0.1, 0.15) is 34.8 Å². The molecular formula is C22H17ClF3N5O2S. The smallest absolute Gasteiger partial charge is 0.365 e. The van der Waals surface area contributed by atoms with Crippen molar-refractivity contribution in [3.05, 3.63) is 64.4 Å². The van der Waals surface area contributed by atoms with Gasteiger partial charge in [-0.05, 0) is 23.6 Å². The van der Waals surface area contributed by atoms with Crippen LogP contribution >= 0.6 is 22.9 Å². The zero-order chi connectivity index (χ0) is 24.6. The highest BCUT2D eigenvalue weighted by atomic mass is 35.5. The Hall–Kier alpha value is -3.44. The quantitative estimate of drug-likeness (QED) is 0.358. The van der Waals surface area contributed by atoms with Crippen molar-refractivity contribution in [3.8, 4) is 11.1 Å². The van der Waals surface area contributed by atoms with Gasteiger partial charge >= 0.3 is 6.18 Å². The normalized spacial score (nSPS) is 12.6. The van der Waals surface area contributed by atoms with Gasteiger partial charge in [0.15, 0.2) is 0 Å². The Morgan fingerprint density at radius 2 is 1.97 bits per heavy atom. The van der Waals surface area contributed by atoms with E-state index >= 15 is 0 Å². The van der Waals surface area contributed by atoms with Crippen LogP contribution in [-0.2, 0) is 11.0 Å². The monoisotopic (exact) mass is 507 g/mol. The lowest BCUT2D eigenvalue weighted by Crippen LogP contribution is -2.27. The second-order valence-electron chi connectivity index (χ2n) is 7.32. The van der Waals surface area contributed by atoms with E-state index in [9.17, 15) is 22.8 Å². The molecule has 3 aromatic heterocycles. The summed E-state index contributed by atoms with van der Waals surface area (Å²) in [5.41, 5.74) is 5.03. The molecule has 1 atom stereocenters. The van der Waals surface area contributed by atoms with Crippen LogP contribution in [0.4, 0.5) is 18.9 Å². The van der Waals surface area contributed by atoms with Gasteiger partial charge in [-0.3, -0.25) is 14.3 Å². The Kier molecular flexibility index (Phi) is 6.32. The van der Waals surface area contributed by atoms with Crippen molar-refractivity contribution >= 4 is 50.7 Å². The van der Waals surface area contributed by atoms with Crippen LogP contribution in [0.25, 0.3) is 21.3 Å². The van der Waals surface area contributed by atoms with Crippen molar-refractivity contribution in [3.63, 3.8) is 0 Å². The fourth-order valence-corrected chi connectivity index (χ4v) is 4.72. The lowest BCUT2D eigenvalue weighted by Gasteiger charge is -2.17. The lowest BCUT2D eigenvalue weighted by molar-refractivity contribution is -0.140. The third kappa shape index (κ3) is 4.48. The molecule has 0 aliphatic heterocycles. The first-order valence-corrected chi connectivity index (χ1v) is 11.2. The van der Waals surface area contributed by atoms with Crippen LogP contribution in [0.3, 0.4) is 0 Å². The fraction of sp³-hybridized carbons (Fsp3) is 0.182. The molecule has 34 heavy (non-hydrogen) atoms. The largest absolute Gasteiger partial charge is 0.433 e. The van der Waals surface area contributed by atoms with Gasteiger partial charge in [-0.15, -0.1) is 11.3 Å². The van der Waals surface area contributed by atoms with E-state index in [1.807, 2.05) is 0 Å². The number of fused-ring (bicyclic) bond motifs is 1. The highest BCUT2D eigenvalue weighted by Crippen LogP contribution is 2.43. The van der Waals surface area contributed by atoms with E-state index in [1.165, 1.54) is 17.1 Å². The number of hydrogen-bond acceptors (Lipinski definition) is 5. The maximum Gasteiger partial charge on any atom is 0.433 e. The third-order valence-electron chi connectivity index (χ3n) is 5.09. The van der Waals surface area contributed by atoms with Crippen LogP contribution in [-0.4, -0.2) is 26.6 Å². The predicted octanol–water partition coefficient (Wildman–Crippen LogP) is 5.52. The average molecular weight is 508 g/mol. The van der Waals surface area contributed by atoms with E-state index in [0.717, 1.165) is 6.07 Å². The number of pyridine rings is 1. The van der Waals surface area contributed by atoms with E-state index < -0.39 is 29.7 Å². The van der Waals surface area contributed by atoms with Gasteiger partial charge < -0.3 is 11.1 Å². The number of anilines is 1. The number of nitrogens with zero attached hydrogens (tertiary/aromatic N) is 3. The number of thiophene rings is 1. The average Bonchev–Trinajstić information content (AvgIpc) is 3.37. The van der Waals surface area contributed by atoms with Crippen LogP contribution < -0.4 is 11.1 Å². The SMILES string of the molecule is CCC(C(=O)Nc1c(C(N)=O)sc2nc(C(F)(F)F)cc(-c3ccccc3)c12)n1cc(Cl)cn1. The topological polar surface area (TPSA) is 103 Å². The maximum atomic E-state index is 13.6. The number of rotatable bonds is 6. The Morgan fingerprint density at radius 1 is 1.26 bits per heavy atom. The van der Waals surface area contributed by atoms with Crippen molar-refractivity contribution in [2.24, 2.45) is 5.73 Å². The van der Waals surface area contributed by atoms with Gasteiger partial charge in [-0.2, -0.15) is 18.3 Å². The molecule has 7 nitrogen and oxygen atoms in total. The summed E-state index contributed by atoms with van der Waals surface area (Å²) in [6.45, 7) is 1.76. The molecule has 0 bridgehead atoms. The number of amides is 2. The molecule has 3 N–H and O–H groups in total. The Labute approximate surface area is 200 Å². The second-order valence-corrected chi connectivity index (χ2v) is 8.76. The number of nitrogens with two attached hydrogens (primary N) is 1. The molecule has 1 aromatic carbocycles. The van der Waals surface area contributed by atoms with Crippen molar-refractivity contribution < 1.29 is 22.8 Å². The Morgan fingerprint density at radius 3 is 2.53 bits per heavy atom. The number of hydrogen-bond donors (Lipinski definition) is 2. The van der Waals surface area contributed by atoms with Crippen LogP contribution in [0.15, 0.2) is 48.8 Å². The standard InChI is InChI=1S/C22H17ClF3N5O2S/c1-2-14(31-10-12(23)9-28-31)20(33)30-17-16-13(11-6-4-3-5-7-11)8-15(22(24,25)26)29-21(16)34-18(17)19(27)32/h3-10,14H,2H2,1H3,(H2,27,32)(H,30,33). The maximum absolute atomic E-state index is 13.6. The molecule has 0 aliphatic carbocycles. The summed E-state index contributed by atoms with van der Waals surface area (Å²) in [5.74, 6) is -1.44. The van der Waals surface area contributed by atoms with E-state index in [1.54, 1.807) is 37.3 Å². The number of alkyl halides is 3. The number of nitrogens with one attached hydrogen (secondary N) is 1. The van der Waals surface area contributed by atoms with E-state index in [0.29, 0.717) is 28.3 Å². The van der Waals surface area contributed by atoms with Crippen molar-refractivity contribution in [1.29, 1.82) is 0 Å². The van der Waals surface area contributed by atoms with Crippen molar-refractivity contribution in [2.45, 2.75) is 25.6 Å². The number of carbonyl (C=O) groups excluding carboxylic acids is 2. The molecule has 1 unspecified atom stereocenters. The first-order valence-electron chi connectivity index (χ1n) is 10.0. The van der Waals surface area contributed by atoms with Crippen LogP contribution in [0.2, 0.25) is 5.02 Å². The summed E-state index contributed by atoms with van der Waals surface area (Å²) in [5, 5.41) is 7.27. The van der Waals surface area contributed by atoms with Gasteiger partial charge in [0.2, 0.25) is 5.91 Å². The zero-order valence-electron chi connectivity index (χ0n) is 17.6. The second kappa shape index (κ2) is 9.07. The number of primary amides is 1. The molecule has 3 heterocycles. The highest BCUT2D eigenvalue weighted by Gasteiger charge is 2.35. The van der Waals surface area contributed by atoms with Crippen LogP contribution in [0, 0.1) is 0 Å². The summed E-state index contributed by atoms with van der Waals surface area (Å²) in [4.78, 5) is 28.9. The fourth-order valence-electron chi connectivity index (χ4n) is 3.57. The summed E-state index contributed by atoms with van der Waals surface area (Å²) < 4.78 is 42.1. The third-order valence-corrected chi connectivity index (χ3v) is 6.38. The van der Waals surface area contributed by atoms with E-state index in [4.69, 9.17) is 17.3 Å². The molecule has 12 heteroatoms. The highest BCUT2D eigenvalue weighted by molar-refractivity contribution is 7.21. The molecule has 2 amide bonds. The molecule has 0 fully saturated rings. The minimum Gasteiger partial charge on any atom is -0.365 e. The summed E-state index contributed by atoms with van der Waals surface area (Å²) in [6, 6.07) is 8.43. The van der Waals surface area contributed by atoms with Crippen LogP contribution in [0.5, 0.6) is 0 Å². The van der Waals surface area contributed by atoms with Gasteiger partial charge in [0, 0.05) is 11.6 Å². The zero-order valence-corrected chi connectivity index (χ0v) is 19.1. The van der Waals surface area contributed by atoms with Gasteiger partial charge in [0.1, 0.15) is 21.4 Å². The number of benzene rings is 1. The van der Waals surface area contributed by atoms with Gasteiger partial charge in [0.05, 0.1) is 16.9 Å². The van der Waals surface area contributed by atoms with E-state index in [2.05, 4.69) is 15.4 Å². The number of carbonyl (C=O) groups is 2. The first kappa shape index (κ1) is 23.7. The molecule has 0 radical (unpaired) electrons. The van der Waals surface area contributed by atoms with E-state index in [-0.39, 0.29) is 26.3 Å². The number of aromatic nitrogens is 3. The molecule has 4 aromatic rings. The minimum atomic E-state index is -4.72. The van der Waals surface area contributed by atoms with Gasteiger partial charge in [-0.25, -0.2) is 4.98 Å². The lowest BCUT2D eigenvalue weighted by atomic mass is 10.0. The molecule has 0 saturated carbocycles. The molecule has 4 rings (SSSR count).